The van der Waals surface area contributed by atoms with Gasteiger partial charge in [-0.1, -0.05) is 37.3 Å². The van der Waals surface area contributed by atoms with E-state index in [0.717, 1.165) is 25.7 Å². The fourth-order valence-electron chi connectivity index (χ4n) is 2.37. The van der Waals surface area contributed by atoms with Gasteiger partial charge < -0.3 is 5.11 Å². The fourth-order valence-corrected chi connectivity index (χ4v) is 2.37. The van der Waals surface area contributed by atoms with Crippen molar-refractivity contribution in [1.29, 1.82) is 0 Å². The predicted octanol–water partition coefficient (Wildman–Crippen LogP) is 2.88. The molecule has 1 nitrogen and oxygen atoms in total. The number of aliphatic hydroxyl groups is 1. The third-order valence-corrected chi connectivity index (χ3v) is 3.53. The highest BCUT2D eigenvalue weighted by atomic mass is 16.3. The molecule has 0 aliphatic heterocycles. The van der Waals surface area contributed by atoms with Crippen LogP contribution in [0.4, 0.5) is 0 Å². The molecule has 0 heterocycles. The van der Waals surface area contributed by atoms with E-state index in [0.29, 0.717) is 5.41 Å². The molecule has 0 radical (unpaired) electrons. The molecule has 1 aliphatic carbocycles. The minimum Gasteiger partial charge on any atom is -0.393 e. The van der Waals surface area contributed by atoms with Crippen LogP contribution in [0, 0.1) is 0 Å². The van der Waals surface area contributed by atoms with E-state index in [1.165, 1.54) is 5.56 Å². The van der Waals surface area contributed by atoms with Crippen molar-refractivity contribution in [3.63, 3.8) is 0 Å². The maximum absolute atomic E-state index is 9.49. The Morgan fingerprint density at radius 2 is 1.71 bits per heavy atom. The van der Waals surface area contributed by atoms with Gasteiger partial charge in [0.2, 0.25) is 0 Å². The number of hydrogen-bond donors (Lipinski definition) is 1. The lowest BCUT2D eigenvalue weighted by atomic mass is 9.70. The third kappa shape index (κ3) is 1.83. The minimum absolute atomic E-state index is 0.0632. The predicted molar refractivity (Wildman–Crippen MR) is 58.3 cm³/mol. The molecule has 1 N–H and O–H groups in total. The number of rotatable bonds is 1. The minimum atomic E-state index is -0.0632. The third-order valence-electron chi connectivity index (χ3n) is 3.53. The van der Waals surface area contributed by atoms with E-state index in [4.69, 9.17) is 0 Å². The summed E-state index contributed by atoms with van der Waals surface area (Å²) in [5, 5.41) is 9.49. The summed E-state index contributed by atoms with van der Waals surface area (Å²) >= 11 is 0. The molecule has 0 saturated heterocycles. The monoisotopic (exact) mass is 190 g/mol. The molecule has 0 bridgehead atoms. The summed E-state index contributed by atoms with van der Waals surface area (Å²) in [5.41, 5.74) is 1.72. The molecular weight excluding hydrogens is 172 g/mol. The molecule has 1 fully saturated rings. The van der Waals surface area contributed by atoms with Crippen molar-refractivity contribution < 1.29 is 5.11 Å². The van der Waals surface area contributed by atoms with E-state index >= 15 is 0 Å². The standard InChI is InChI=1S/C13H18O/c1-13(9-7-12(14)8-10-13)11-5-3-2-4-6-11/h2-6,12,14H,7-10H2,1H3/t12-,13+. The van der Waals surface area contributed by atoms with Crippen LogP contribution in [0.2, 0.25) is 0 Å². The molecule has 0 atom stereocenters. The van der Waals surface area contributed by atoms with E-state index in [9.17, 15) is 5.11 Å². The zero-order chi connectivity index (χ0) is 10.0. The Hall–Kier alpha value is -0.820. The van der Waals surface area contributed by atoms with E-state index in [2.05, 4.69) is 37.3 Å². The Morgan fingerprint density at radius 3 is 2.29 bits per heavy atom. The Labute approximate surface area is 85.8 Å². The smallest absolute Gasteiger partial charge is 0.0540 e. The SMILES string of the molecule is C[C@]1(c2ccccc2)CC[C@@H](O)CC1. The van der Waals surface area contributed by atoms with Crippen molar-refractivity contribution in [2.75, 3.05) is 0 Å². The van der Waals surface area contributed by atoms with Crippen molar-refractivity contribution in [3.05, 3.63) is 35.9 Å². The highest BCUT2D eigenvalue weighted by Crippen LogP contribution is 2.38. The largest absolute Gasteiger partial charge is 0.393 e. The van der Waals surface area contributed by atoms with Gasteiger partial charge in [-0.2, -0.15) is 0 Å². The number of aliphatic hydroxyl groups excluding tert-OH is 1. The molecule has 2 rings (SSSR count). The average Bonchev–Trinajstić information content (AvgIpc) is 2.24. The van der Waals surface area contributed by atoms with E-state index in [1.807, 2.05) is 0 Å². The van der Waals surface area contributed by atoms with E-state index in [-0.39, 0.29) is 6.10 Å². The summed E-state index contributed by atoms with van der Waals surface area (Å²) < 4.78 is 0. The van der Waals surface area contributed by atoms with Gasteiger partial charge in [-0.05, 0) is 36.7 Å². The van der Waals surface area contributed by atoms with Gasteiger partial charge in [0.1, 0.15) is 0 Å². The van der Waals surface area contributed by atoms with Crippen LogP contribution in [0.3, 0.4) is 0 Å². The normalized spacial score (nSPS) is 32.9. The molecule has 0 spiro atoms. The first kappa shape index (κ1) is 9.72. The van der Waals surface area contributed by atoms with Gasteiger partial charge in [-0.3, -0.25) is 0 Å². The van der Waals surface area contributed by atoms with Crippen LogP contribution in [0.25, 0.3) is 0 Å². The first-order valence-corrected chi connectivity index (χ1v) is 5.44. The van der Waals surface area contributed by atoms with Crippen molar-refractivity contribution in [3.8, 4) is 0 Å². The zero-order valence-corrected chi connectivity index (χ0v) is 8.74. The molecule has 1 saturated carbocycles. The Balaban J connectivity index is 2.17. The summed E-state index contributed by atoms with van der Waals surface area (Å²) in [6.45, 7) is 2.31. The number of benzene rings is 1. The fraction of sp³-hybridized carbons (Fsp3) is 0.538. The average molecular weight is 190 g/mol. The second-order valence-corrected chi connectivity index (χ2v) is 4.66. The van der Waals surface area contributed by atoms with Crippen LogP contribution < -0.4 is 0 Å². The Kier molecular flexibility index (Phi) is 2.60. The van der Waals surface area contributed by atoms with Gasteiger partial charge in [-0.25, -0.2) is 0 Å². The van der Waals surface area contributed by atoms with Crippen LogP contribution >= 0.6 is 0 Å². The van der Waals surface area contributed by atoms with Crippen molar-refractivity contribution in [2.45, 2.75) is 44.1 Å². The summed E-state index contributed by atoms with van der Waals surface area (Å²) in [7, 11) is 0. The van der Waals surface area contributed by atoms with Crippen LogP contribution in [0.15, 0.2) is 30.3 Å². The van der Waals surface area contributed by atoms with Crippen molar-refractivity contribution in [1.82, 2.24) is 0 Å². The van der Waals surface area contributed by atoms with Crippen LogP contribution in [0.5, 0.6) is 0 Å². The highest BCUT2D eigenvalue weighted by Gasteiger charge is 2.31. The molecule has 1 heteroatoms. The van der Waals surface area contributed by atoms with Crippen molar-refractivity contribution >= 4 is 0 Å². The van der Waals surface area contributed by atoms with Gasteiger partial charge in [0.15, 0.2) is 0 Å². The van der Waals surface area contributed by atoms with Crippen molar-refractivity contribution in [2.24, 2.45) is 0 Å². The van der Waals surface area contributed by atoms with E-state index in [1.54, 1.807) is 0 Å². The summed E-state index contributed by atoms with van der Waals surface area (Å²) in [6, 6.07) is 10.7. The Bertz CT molecular complexity index is 283. The molecule has 0 amide bonds. The first-order valence-electron chi connectivity index (χ1n) is 5.44. The second-order valence-electron chi connectivity index (χ2n) is 4.66. The van der Waals surface area contributed by atoms with Crippen LogP contribution in [0.1, 0.15) is 38.2 Å². The lowest BCUT2D eigenvalue weighted by Crippen LogP contribution is -2.30. The number of hydrogen-bond acceptors (Lipinski definition) is 1. The van der Waals surface area contributed by atoms with Gasteiger partial charge in [0.25, 0.3) is 0 Å². The molecule has 0 unspecified atom stereocenters. The second kappa shape index (κ2) is 3.74. The quantitative estimate of drug-likeness (QED) is 0.722. The summed E-state index contributed by atoms with van der Waals surface area (Å²) in [4.78, 5) is 0. The molecule has 1 aromatic rings. The van der Waals surface area contributed by atoms with Gasteiger partial charge in [0, 0.05) is 0 Å². The summed E-state index contributed by atoms with van der Waals surface area (Å²) in [5.74, 6) is 0. The van der Waals surface area contributed by atoms with Gasteiger partial charge >= 0.3 is 0 Å². The zero-order valence-electron chi connectivity index (χ0n) is 8.74. The molecule has 76 valence electrons. The molecular formula is C13H18O. The molecule has 0 aromatic heterocycles. The molecule has 14 heavy (non-hydrogen) atoms. The topological polar surface area (TPSA) is 20.2 Å². The maximum Gasteiger partial charge on any atom is 0.0540 e. The van der Waals surface area contributed by atoms with Crippen LogP contribution in [-0.4, -0.2) is 11.2 Å². The Morgan fingerprint density at radius 1 is 1.14 bits per heavy atom. The molecule has 1 aliphatic rings. The lowest BCUT2D eigenvalue weighted by Gasteiger charge is -2.36. The van der Waals surface area contributed by atoms with Gasteiger partial charge in [0.05, 0.1) is 6.10 Å². The highest BCUT2D eigenvalue weighted by molar-refractivity contribution is 5.24. The lowest BCUT2D eigenvalue weighted by molar-refractivity contribution is 0.100. The van der Waals surface area contributed by atoms with E-state index < -0.39 is 0 Å². The molecule has 1 aromatic carbocycles. The first-order chi connectivity index (χ1) is 6.71. The van der Waals surface area contributed by atoms with Crippen LogP contribution in [-0.2, 0) is 5.41 Å². The summed E-state index contributed by atoms with van der Waals surface area (Å²) in [6.07, 6.45) is 4.06. The maximum atomic E-state index is 9.49. The van der Waals surface area contributed by atoms with Gasteiger partial charge in [-0.15, -0.1) is 0 Å².